The van der Waals surface area contributed by atoms with Crippen molar-refractivity contribution in [2.24, 2.45) is 0 Å². The van der Waals surface area contributed by atoms with Crippen LogP contribution >= 0.6 is 15.9 Å². The van der Waals surface area contributed by atoms with E-state index >= 15 is 0 Å². The van der Waals surface area contributed by atoms with E-state index < -0.39 is 0 Å². The monoisotopic (exact) mass is 444 g/mol. The average molecular weight is 445 g/mol. The number of methoxy groups -OCH3 is 3. The maximum atomic E-state index is 10.8. The molecule has 0 fully saturated rings. The molecule has 0 aliphatic heterocycles. The van der Waals surface area contributed by atoms with Gasteiger partial charge in [-0.15, -0.1) is 0 Å². The minimum Gasteiger partial charge on any atom is -0.497 e. The molecule has 3 aromatic rings. The van der Waals surface area contributed by atoms with Crippen molar-refractivity contribution < 1.29 is 19.0 Å². The average Bonchev–Trinajstić information content (AvgIpc) is 2.76. The maximum Gasteiger partial charge on any atom is 0.159 e. The molecule has 0 heterocycles. The molecule has 0 spiro atoms. The molecule has 4 nitrogen and oxygen atoms in total. The summed E-state index contributed by atoms with van der Waals surface area (Å²) in [6, 6.07) is 24.4. The second-order valence-electron chi connectivity index (χ2n) is 5.46. The minimum atomic E-state index is 0.0765. The fourth-order valence-electron chi connectivity index (χ4n) is 1.95. The van der Waals surface area contributed by atoms with Crippen molar-refractivity contribution in [1.29, 1.82) is 0 Å². The van der Waals surface area contributed by atoms with Crippen LogP contribution in [-0.4, -0.2) is 27.1 Å². The lowest BCUT2D eigenvalue weighted by atomic mass is 10.1. The number of Topliss-reactive ketones (excluding diaryl/α,β-unsaturated/α-hetero) is 1. The lowest BCUT2D eigenvalue weighted by molar-refractivity contribution is 0.101. The Morgan fingerprint density at radius 3 is 1.39 bits per heavy atom. The quantitative estimate of drug-likeness (QED) is 0.459. The number of ketones is 1. The number of carbonyl (C=O) groups excluding carboxylic acids is 1. The molecule has 3 aromatic carbocycles. The number of halogens is 1. The summed E-state index contributed by atoms with van der Waals surface area (Å²) < 4.78 is 15.9. The first-order valence-corrected chi connectivity index (χ1v) is 9.33. The molecular formula is C23H25BrO4. The Bertz CT molecular complexity index is 800. The van der Waals surface area contributed by atoms with Crippen molar-refractivity contribution in [3.63, 3.8) is 0 Å². The molecule has 0 radical (unpaired) electrons. The molecule has 0 bridgehead atoms. The van der Waals surface area contributed by atoms with Crippen LogP contribution in [0.2, 0.25) is 0 Å². The van der Waals surface area contributed by atoms with E-state index in [1.54, 1.807) is 52.5 Å². The third-order valence-corrected chi connectivity index (χ3v) is 4.05. The molecule has 0 saturated carbocycles. The number of benzene rings is 3. The SMILES string of the molecule is COc1ccc(Br)cc1.COc1ccc(C(C)=O)cc1.COc1ccccc1. The summed E-state index contributed by atoms with van der Waals surface area (Å²) in [7, 11) is 4.92. The Morgan fingerprint density at radius 2 is 1.04 bits per heavy atom. The maximum absolute atomic E-state index is 10.8. The van der Waals surface area contributed by atoms with Gasteiger partial charge in [-0.2, -0.15) is 0 Å². The topological polar surface area (TPSA) is 44.8 Å². The van der Waals surface area contributed by atoms with Crippen LogP contribution in [0.25, 0.3) is 0 Å². The molecule has 5 heteroatoms. The van der Waals surface area contributed by atoms with Crippen molar-refractivity contribution in [3.05, 3.63) is 88.9 Å². The number of para-hydroxylation sites is 1. The minimum absolute atomic E-state index is 0.0765. The summed E-state index contributed by atoms with van der Waals surface area (Å²) >= 11 is 3.32. The zero-order chi connectivity index (χ0) is 20.8. The van der Waals surface area contributed by atoms with Gasteiger partial charge in [0.2, 0.25) is 0 Å². The zero-order valence-corrected chi connectivity index (χ0v) is 18.1. The van der Waals surface area contributed by atoms with Gasteiger partial charge in [0, 0.05) is 10.0 Å². The van der Waals surface area contributed by atoms with Crippen molar-refractivity contribution >= 4 is 21.7 Å². The second-order valence-corrected chi connectivity index (χ2v) is 6.38. The number of ether oxygens (including phenoxy) is 3. The summed E-state index contributed by atoms with van der Waals surface area (Å²) in [6.45, 7) is 1.54. The van der Waals surface area contributed by atoms with Crippen LogP contribution in [0.15, 0.2) is 83.3 Å². The van der Waals surface area contributed by atoms with Crippen molar-refractivity contribution in [3.8, 4) is 17.2 Å². The smallest absolute Gasteiger partial charge is 0.159 e. The lowest BCUT2D eigenvalue weighted by Crippen LogP contribution is -1.91. The van der Waals surface area contributed by atoms with E-state index in [1.807, 2.05) is 54.6 Å². The third-order valence-electron chi connectivity index (χ3n) is 3.52. The Kier molecular flexibility index (Phi) is 11.1. The number of rotatable bonds is 4. The van der Waals surface area contributed by atoms with Crippen molar-refractivity contribution in [2.45, 2.75) is 6.92 Å². The van der Waals surface area contributed by atoms with Crippen LogP contribution in [0.5, 0.6) is 17.2 Å². The Morgan fingerprint density at radius 1 is 0.643 bits per heavy atom. The summed E-state index contributed by atoms with van der Waals surface area (Å²) in [5.74, 6) is 2.65. The largest absolute Gasteiger partial charge is 0.497 e. The highest BCUT2D eigenvalue weighted by molar-refractivity contribution is 9.10. The van der Waals surface area contributed by atoms with Gasteiger partial charge in [-0.1, -0.05) is 34.1 Å². The molecule has 0 atom stereocenters. The number of hydrogen-bond acceptors (Lipinski definition) is 4. The molecule has 0 N–H and O–H groups in total. The molecule has 3 rings (SSSR count). The zero-order valence-electron chi connectivity index (χ0n) is 16.5. The van der Waals surface area contributed by atoms with E-state index in [2.05, 4.69) is 15.9 Å². The van der Waals surface area contributed by atoms with Gasteiger partial charge in [-0.25, -0.2) is 0 Å². The highest BCUT2D eigenvalue weighted by atomic mass is 79.9. The van der Waals surface area contributed by atoms with Gasteiger partial charge >= 0.3 is 0 Å². The Hall–Kier alpha value is -2.79. The first kappa shape index (κ1) is 23.2. The van der Waals surface area contributed by atoms with Gasteiger partial charge in [-0.05, 0) is 67.6 Å². The van der Waals surface area contributed by atoms with E-state index in [4.69, 9.17) is 14.2 Å². The van der Waals surface area contributed by atoms with Gasteiger partial charge in [-0.3, -0.25) is 4.79 Å². The summed E-state index contributed by atoms with van der Waals surface area (Å²) in [5, 5.41) is 0. The van der Waals surface area contributed by atoms with E-state index in [9.17, 15) is 4.79 Å². The van der Waals surface area contributed by atoms with E-state index in [-0.39, 0.29) is 5.78 Å². The number of carbonyl (C=O) groups is 1. The van der Waals surface area contributed by atoms with Crippen LogP contribution in [-0.2, 0) is 0 Å². The molecule has 148 valence electrons. The predicted molar refractivity (Wildman–Crippen MR) is 117 cm³/mol. The van der Waals surface area contributed by atoms with Gasteiger partial charge in [0.05, 0.1) is 21.3 Å². The molecule has 0 amide bonds. The van der Waals surface area contributed by atoms with Crippen LogP contribution < -0.4 is 14.2 Å². The van der Waals surface area contributed by atoms with E-state index in [1.165, 1.54) is 0 Å². The predicted octanol–water partition coefficient (Wildman–Crippen LogP) is 6.05. The van der Waals surface area contributed by atoms with Crippen molar-refractivity contribution in [1.82, 2.24) is 0 Å². The van der Waals surface area contributed by atoms with Gasteiger partial charge < -0.3 is 14.2 Å². The molecular weight excluding hydrogens is 420 g/mol. The summed E-state index contributed by atoms with van der Waals surface area (Å²) in [5.41, 5.74) is 0.714. The first-order chi connectivity index (χ1) is 13.5. The van der Waals surface area contributed by atoms with Crippen LogP contribution in [0, 0.1) is 0 Å². The van der Waals surface area contributed by atoms with Crippen LogP contribution in [0.1, 0.15) is 17.3 Å². The highest BCUT2D eigenvalue weighted by Gasteiger charge is 1.97. The van der Waals surface area contributed by atoms with Crippen LogP contribution in [0.3, 0.4) is 0 Å². The second kappa shape index (κ2) is 13.4. The molecule has 0 aromatic heterocycles. The Labute approximate surface area is 175 Å². The molecule has 0 aliphatic carbocycles. The normalized spacial score (nSPS) is 9.04. The molecule has 0 saturated heterocycles. The van der Waals surface area contributed by atoms with Gasteiger partial charge in [0.25, 0.3) is 0 Å². The first-order valence-electron chi connectivity index (χ1n) is 8.53. The molecule has 0 aliphatic rings. The van der Waals surface area contributed by atoms with E-state index in [0.717, 1.165) is 21.7 Å². The van der Waals surface area contributed by atoms with E-state index in [0.29, 0.717) is 5.56 Å². The number of hydrogen-bond donors (Lipinski definition) is 0. The Balaban J connectivity index is 0.000000213. The molecule has 28 heavy (non-hydrogen) atoms. The van der Waals surface area contributed by atoms with Gasteiger partial charge in [0.15, 0.2) is 5.78 Å². The molecule has 0 unspecified atom stereocenters. The fraction of sp³-hybridized carbons (Fsp3) is 0.174. The lowest BCUT2D eigenvalue weighted by Gasteiger charge is -1.98. The summed E-state index contributed by atoms with van der Waals surface area (Å²) in [6.07, 6.45) is 0. The van der Waals surface area contributed by atoms with Crippen molar-refractivity contribution in [2.75, 3.05) is 21.3 Å². The highest BCUT2D eigenvalue weighted by Crippen LogP contribution is 2.15. The standard InChI is InChI=1S/C9H10O2.C7H7BrO.C7H8O/c1-7(10)8-3-5-9(11-2)6-4-8;1-9-7-4-2-6(8)3-5-7;1-8-7-5-3-2-4-6-7/h3-6H,1-2H3;2-5H,1H3;2-6H,1H3. The van der Waals surface area contributed by atoms with Crippen LogP contribution in [0.4, 0.5) is 0 Å². The third kappa shape index (κ3) is 9.24. The fourth-order valence-corrected chi connectivity index (χ4v) is 2.22. The van der Waals surface area contributed by atoms with Gasteiger partial charge in [0.1, 0.15) is 17.2 Å². The summed E-state index contributed by atoms with van der Waals surface area (Å²) in [4.78, 5) is 10.8.